The smallest absolute Gasteiger partial charge is 0.321 e. The fraction of sp³-hybridized carbons (Fsp3) is 0.652. The normalized spacial score (nSPS) is 20.0. The Morgan fingerprint density at radius 1 is 1.10 bits per heavy atom. The van der Waals surface area contributed by atoms with Gasteiger partial charge in [-0.15, -0.1) is 0 Å². The van der Waals surface area contributed by atoms with E-state index in [9.17, 15) is 14.0 Å². The first-order chi connectivity index (χ1) is 14.5. The molecule has 0 spiro atoms. The molecule has 3 rings (SSSR count). The van der Waals surface area contributed by atoms with Gasteiger partial charge in [-0.05, 0) is 48.9 Å². The van der Waals surface area contributed by atoms with E-state index in [4.69, 9.17) is 0 Å². The Hall–Kier alpha value is -2.15. The van der Waals surface area contributed by atoms with Gasteiger partial charge in [-0.3, -0.25) is 9.69 Å². The van der Waals surface area contributed by atoms with Crippen molar-refractivity contribution >= 4 is 17.6 Å². The van der Waals surface area contributed by atoms with Crippen molar-refractivity contribution in [3.05, 3.63) is 30.1 Å². The number of hydrogen-bond acceptors (Lipinski definition) is 3. The summed E-state index contributed by atoms with van der Waals surface area (Å²) in [6, 6.07) is 5.50. The summed E-state index contributed by atoms with van der Waals surface area (Å²) >= 11 is 0. The Morgan fingerprint density at radius 2 is 1.73 bits per heavy atom. The van der Waals surface area contributed by atoms with Gasteiger partial charge in [-0.2, -0.15) is 0 Å². The molecule has 3 amide bonds. The summed E-state index contributed by atoms with van der Waals surface area (Å²) in [5.74, 6) is 0.698. The number of rotatable bonds is 7. The highest BCUT2D eigenvalue weighted by Gasteiger charge is 2.37. The maximum atomic E-state index is 13.1. The minimum Gasteiger partial charge on any atom is -0.354 e. The van der Waals surface area contributed by atoms with Gasteiger partial charge in [0.1, 0.15) is 5.82 Å². The molecule has 1 aromatic carbocycles. The molecule has 1 saturated carbocycles. The molecule has 2 N–H and O–H groups in total. The highest BCUT2D eigenvalue weighted by Crippen LogP contribution is 2.31. The van der Waals surface area contributed by atoms with Gasteiger partial charge in [0.05, 0.1) is 6.04 Å². The van der Waals surface area contributed by atoms with Crippen LogP contribution in [0.2, 0.25) is 0 Å². The number of carbonyl (C=O) groups is 2. The van der Waals surface area contributed by atoms with E-state index < -0.39 is 0 Å². The molecule has 1 aromatic rings. The summed E-state index contributed by atoms with van der Waals surface area (Å²) < 4.78 is 13.0. The van der Waals surface area contributed by atoms with Crippen molar-refractivity contribution in [3.8, 4) is 0 Å². The van der Waals surface area contributed by atoms with E-state index in [1.165, 1.54) is 25.0 Å². The lowest BCUT2D eigenvalue weighted by molar-refractivity contribution is -0.129. The topological polar surface area (TPSA) is 64.7 Å². The van der Waals surface area contributed by atoms with Crippen molar-refractivity contribution in [1.29, 1.82) is 0 Å². The number of nitrogens with zero attached hydrogens (tertiary/aromatic N) is 2. The summed E-state index contributed by atoms with van der Waals surface area (Å²) in [7, 11) is 0. The lowest BCUT2D eigenvalue weighted by atomic mass is 9.94. The van der Waals surface area contributed by atoms with Gasteiger partial charge in [0.15, 0.2) is 0 Å². The van der Waals surface area contributed by atoms with Crippen LogP contribution in [-0.2, 0) is 4.79 Å². The Balaban J connectivity index is 1.56. The van der Waals surface area contributed by atoms with Crippen LogP contribution in [0.1, 0.15) is 46.0 Å². The highest BCUT2D eigenvalue weighted by atomic mass is 19.1. The van der Waals surface area contributed by atoms with Crippen molar-refractivity contribution in [2.75, 3.05) is 38.0 Å². The van der Waals surface area contributed by atoms with Gasteiger partial charge >= 0.3 is 6.03 Å². The summed E-state index contributed by atoms with van der Waals surface area (Å²) in [5.41, 5.74) is 0.581. The van der Waals surface area contributed by atoms with Crippen LogP contribution in [0.4, 0.5) is 14.9 Å². The number of halogens is 1. The zero-order valence-electron chi connectivity index (χ0n) is 18.2. The zero-order valence-corrected chi connectivity index (χ0v) is 18.2. The third-order valence-corrected chi connectivity index (χ3v) is 6.53. The zero-order chi connectivity index (χ0) is 21.5. The van der Waals surface area contributed by atoms with E-state index in [2.05, 4.69) is 29.4 Å². The first-order valence-corrected chi connectivity index (χ1v) is 11.3. The minimum atomic E-state index is -0.328. The van der Waals surface area contributed by atoms with Gasteiger partial charge in [0.2, 0.25) is 5.91 Å². The van der Waals surface area contributed by atoms with Gasteiger partial charge in [-0.1, -0.05) is 33.1 Å². The second-order valence-corrected chi connectivity index (χ2v) is 8.71. The SMILES string of the molecule is CCC(C)CNC(=O)C(C1CCCC1)N1CCN(C(=O)Nc2ccc(F)cc2)CC1. The summed E-state index contributed by atoms with van der Waals surface area (Å²) in [6.45, 7) is 7.55. The third-order valence-electron chi connectivity index (χ3n) is 6.53. The molecular weight excluding hydrogens is 383 g/mol. The van der Waals surface area contributed by atoms with E-state index >= 15 is 0 Å². The molecule has 0 radical (unpaired) electrons. The number of anilines is 1. The quantitative estimate of drug-likeness (QED) is 0.710. The van der Waals surface area contributed by atoms with Crippen LogP contribution in [0.25, 0.3) is 0 Å². The van der Waals surface area contributed by atoms with Crippen LogP contribution in [0.5, 0.6) is 0 Å². The molecule has 1 heterocycles. The maximum Gasteiger partial charge on any atom is 0.321 e. The molecule has 1 aliphatic heterocycles. The standard InChI is InChI=1S/C23H35FN4O2/c1-3-17(2)16-25-22(29)21(18-6-4-5-7-18)27-12-14-28(15-13-27)23(30)26-20-10-8-19(24)9-11-20/h8-11,17-18,21H,3-7,12-16H2,1-2H3,(H,25,29)(H,26,30). The Morgan fingerprint density at radius 3 is 2.33 bits per heavy atom. The van der Waals surface area contributed by atoms with Crippen molar-refractivity contribution in [1.82, 2.24) is 15.1 Å². The molecule has 2 aliphatic rings. The fourth-order valence-corrected chi connectivity index (χ4v) is 4.41. The van der Waals surface area contributed by atoms with Crippen LogP contribution < -0.4 is 10.6 Å². The van der Waals surface area contributed by atoms with Crippen molar-refractivity contribution < 1.29 is 14.0 Å². The molecule has 166 valence electrons. The Bertz CT molecular complexity index is 698. The van der Waals surface area contributed by atoms with Crippen molar-refractivity contribution in [2.45, 2.75) is 52.0 Å². The monoisotopic (exact) mass is 418 g/mol. The largest absolute Gasteiger partial charge is 0.354 e. The number of hydrogen-bond donors (Lipinski definition) is 2. The maximum absolute atomic E-state index is 13.1. The molecule has 30 heavy (non-hydrogen) atoms. The summed E-state index contributed by atoms with van der Waals surface area (Å²) in [4.78, 5) is 29.6. The van der Waals surface area contributed by atoms with Crippen molar-refractivity contribution in [2.24, 2.45) is 11.8 Å². The molecule has 0 bridgehead atoms. The number of nitrogens with one attached hydrogen (secondary N) is 2. The van der Waals surface area contributed by atoms with Gasteiger partial charge in [-0.25, -0.2) is 9.18 Å². The predicted octanol–water partition coefficient (Wildman–Crippen LogP) is 3.70. The average molecular weight is 419 g/mol. The van der Waals surface area contributed by atoms with E-state index in [1.807, 2.05) is 0 Å². The van der Waals surface area contributed by atoms with Gasteiger partial charge in [0, 0.05) is 38.4 Å². The molecule has 0 aromatic heterocycles. The number of benzene rings is 1. The first kappa shape index (κ1) is 22.5. The minimum absolute atomic E-state index is 0.0983. The molecule has 1 saturated heterocycles. The molecule has 7 heteroatoms. The Kier molecular flexibility index (Phi) is 8.08. The Labute approximate surface area is 179 Å². The molecular formula is C23H35FN4O2. The van der Waals surface area contributed by atoms with E-state index in [1.54, 1.807) is 17.0 Å². The van der Waals surface area contributed by atoms with E-state index in [-0.39, 0.29) is 23.8 Å². The van der Waals surface area contributed by atoms with Crippen LogP contribution >= 0.6 is 0 Å². The summed E-state index contributed by atoms with van der Waals surface area (Å²) in [6.07, 6.45) is 5.65. The lowest BCUT2D eigenvalue weighted by Crippen LogP contribution is -2.58. The number of amides is 3. The van der Waals surface area contributed by atoms with Gasteiger partial charge < -0.3 is 15.5 Å². The van der Waals surface area contributed by atoms with E-state index in [0.29, 0.717) is 43.7 Å². The molecule has 6 nitrogen and oxygen atoms in total. The van der Waals surface area contributed by atoms with Crippen molar-refractivity contribution in [3.63, 3.8) is 0 Å². The second-order valence-electron chi connectivity index (χ2n) is 8.71. The lowest BCUT2D eigenvalue weighted by Gasteiger charge is -2.40. The third kappa shape index (κ3) is 5.94. The fourth-order valence-electron chi connectivity index (χ4n) is 4.41. The average Bonchev–Trinajstić information content (AvgIpc) is 3.28. The second kappa shape index (κ2) is 10.8. The van der Waals surface area contributed by atoms with Gasteiger partial charge in [0.25, 0.3) is 0 Å². The first-order valence-electron chi connectivity index (χ1n) is 11.3. The number of piperazine rings is 1. The molecule has 2 atom stereocenters. The molecule has 2 unspecified atom stereocenters. The highest BCUT2D eigenvalue weighted by molar-refractivity contribution is 5.89. The van der Waals surface area contributed by atoms with Crippen LogP contribution in [0.15, 0.2) is 24.3 Å². The van der Waals surface area contributed by atoms with Crippen LogP contribution in [-0.4, -0.2) is 60.5 Å². The number of carbonyl (C=O) groups excluding carboxylic acids is 2. The molecule has 2 fully saturated rings. The predicted molar refractivity (Wildman–Crippen MR) is 117 cm³/mol. The van der Waals surface area contributed by atoms with Crippen LogP contribution in [0, 0.1) is 17.7 Å². The summed E-state index contributed by atoms with van der Waals surface area (Å²) in [5, 5.41) is 6.00. The molecule has 1 aliphatic carbocycles. The van der Waals surface area contributed by atoms with Crippen LogP contribution in [0.3, 0.4) is 0 Å². The number of urea groups is 1. The van der Waals surface area contributed by atoms with E-state index in [0.717, 1.165) is 25.8 Å².